The fourth-order valence-corrected chi connectivity index (χ4v) is 3.47. The molecule has 2 aromatic rings. The molecule has 0 aromatic heterocycles. The first-order chi connectivity index (χ1) is 13.5. The van der Waals surface area contributed by atoms with Gasteiger partial charge in [0.2, 0.25) is 5.91 Å². The molecule has 3 rings (SSSR count). The van der Waals surface area contributed by atoms with E-state index < -0.39 is 11.2 Å². The van der Waals surface area contributed by atoms with Crippen molar-refractivity contribution >= 4 is 51.0 Å². The average molecular weight is 462 g/mol. The number of benzene rings is 2. The number of nitrogens with zero attached hydrogens (tertiary/aromatic N) is 2. The van der Waals surface area contributed by atoms with Gasteiger partial charge in [0.05, 0.1) is 12.6 Å². The molecule has 0 unspecified atom stereocenters. The zero-order chi connectivity index (χ0) is 19.9. The Bertz CT molecular complexity index is 914. The van der Waals surface area contributed by atoms with Crippen LogP contribution in [0.5, 0.6) is 5.75 Å². The summed E-state index contributed by atoms with van der Waals surface area (Å²) in [5.41, 5.74) is 1.89. The number of thioether (sulfide) groups is 1. The van der Waals surface area contributed by atoms with Gasteiger partial charge in [0.1, 0.15) is 17.6 Å². The van der Waals surface area contributed by atoms with Gasteiger partial charge in [-0.25, -0.2) is 0 Å². The summed E-state index contributed by atoms with van der Waals surface area (Å²) in [6.07, 6.45) is 1.30. The smallest absolute Gasteiger partial charge is 0.305 e. The fourth-order valence-electron chi connectivity index (χ4n) is 2.29. The second-order valence-corrected chi connectivity index (χ2v) is 7.93. The van der Waals surface area contributed by atoms with Gasteiger partial charge in [0, 0.05) is 4.47 Å². The highest BCUT2D eigenvalue weighted by molar-refractivity contribution is 9.10. The maximum Gasteiger partial charge on any atom is 0.305 e. The first-order valence-electron chi connectivity index (χ1n) is 8.27. The van der Waals surface area contributed by atoms with Gasteiger partial charge in [-0.05, 0) is 47.5 Å². The summed E-state index contributed by atoms with van der Waals surface area (Å²) >= 11 is 4.46. The lowest BCUT2D eigenvalue weighted by atomic mass is 10.2. The Hall–Kier alpha value is -2.65. The van der Waals surface area contributed by atoms with E-state index in [1.54, 1.807) is 6.21 Å². The Morgan fingerprint density at radius 1 is 1.21 bits per heavy atom. The van der Waals surface area contributed by atoms with E-state index in [0.717, 1.165) is 33.1 Å². The van der Waals surface area contributed by atoms with Crippen LogP contribution in [0.15, 0.2) is 63.2 Å². The molecule has 144 valence electrons. The molecule has 1 fully saturated rings. The van der Waals surface area contributed by atoms with Crippen LogP contribution in [-0.4, -0.2) is 33.6 Å². The lowest BCUT2D eigenvalue weighted by Gasteiger charge is -2.06. The van der Waals surface area contributed by atoms with Crippen molar-refractivity contribution in [2.75, 3.05) is 0 Å². The highest BCUT2D eigenvalue weighted by Gasteiger charge is 2.32. The number of hydrogen-bond acceptors (Lipinski definition) is 6. The van der Waals surface area contributed by atoms with E-state index >= 15 is 0 Å². The summed E-state index contributed by atoms with van der Waals surface area (Å²) in [4.78, 5) is 22.3. The van der Waals surface area contributed by atoms with Crippen molar-refractivity contribution in [2.24, 2.45) is 10.2 Å². The molecule has 7 nitrogen and oxygen atoms in total. The number of aliphatic carboxylic acids is 1. The van der Waals surface area contributed by atoms with Crippen molar-refractivity contribution in [1.82, 2.24) is 5.32 Å². The van der Waals surface area contributed by atoms with Gasteiger partial charge < -0.3 is 15.2 Å². The van der Waals surface area contributed by atoms with E-state index in [1.165, 1.54) is 0 Å². The predicted octanol–water partition coefficient (Wildman–Crippen LogP) is 3.42. The molecule has 9 heteroatoms. The van der Waals surface area contributed by atoms with Crippen LogP contribution in [0, 0.1) is 0 Å². The summed E-state index contributed by atoms with van der Waals surface area (Å²) in [5.74, 6) is -0.657. The van der Waals surface area contributed by atoms with Gasteiger partial charge in [0.25, 0.3) is 0 Å². The van der Waals surface area contributed by atoms with E-state index in [9.17, 15) is 9.59 Å². The second kappa shape index (κ2) is 9.52. The summed E-state index contributed by atoms with van der Waals surface area (Å²) in [6.45, 7) is 0.475. The van der Waals surface area contributed by atoms with E-state index in [4.69, 9.17) is 9.84 Å². The van der Waals surface area contributed by atoms with E-state index in [0.29, 0.717) is 11.8 Å². The molecule has 1 aliphatic heterocycles. The first kappa shape index (κ1) is 20.1. The van der Waals surface area contributed by atoms with Crippen LogP contribution < -0.4 is 10.1 Å². The number of nitrogens with one attached hydrogen (secondary N) is 1. The summed E-state index contributed by atoms with van der Waals surface area (Å²) in [5, 5.41) is 18.8. The number of carboxylic acid groups (broad SMARTS) is 1. The number of ether oxygens (including phenoxy) is 1. The summed E-state index contributed by atoms with van der Waals surface area (Å²) in [6, 6.07) is 15.3. The molecule has 1 amide bonds. The zero-order valence-electron chi connectivity index (χ0n) is 14.5. The quantitative estimate of drug-likeness (QED) is 0.485. The van der Waals surface area contributed by atoms with Crippen molar-refractivity contribution in [3.05, 3.63) is 64.1 Å². The van der Waals surface area contributed by atoms with Crippen LogP contribution in [0.25, 0.3) is 0 Å². The van der Waals surface area contributed by atoms with Gasteiger partial charge in [-0.1, -0.05) is 39.8 Å². The Labute approximate surface area is 174 Å². The number of hydrogen-bond donors (Lipinski definition) is 2. The predicted molar refractivity (Wildman–Crippen MR) is 112 cm³/mol. The van der Waals surface area contributed by atoms with Crippen molar-refractivity contribution in [3.8, 4) is 5.75 Å². The van der Waals surface area contributed by atoms with Crippen molar-refractivity contribution < 1.29 is 19.4 Å². The number of rotatable bonds is 7. The van der Waals surface area contributed by atoms with Crippen LogP contribution >= 0.6 is 27.7 Å². The van der Waals surface area contributed by atoms with Gasteiger partial charge in [-0.2, -0.15) is 5.10 Å². The molecule has 2 N–H and O–H groups in total. The third-order valence-corrected chi connectivity index (χ3v) is 5.29. The highest BCUT2D eigenvalue weighted by atomic mass is 79.9. The number of carboxylic acids is 1. The molecule has 0 radical (unpaired) electrons. The third-order valence-electron chi connectivity index (χ3n) is 3.69. The third kappa shape index (κ3) is 5.93. The molecule has 1 heterocycles. The zero-order valence-corrected chi connectivity index (χ0v) is 16.9. The Balaban J connectivity index is 1.52. The van der Waals surface area contributed by atoms with E-state index in [2.05, 4.69) is 31.4 Å². The number of amides is 1. The van der Waals surface area contributed by atoms with Crippen LogP contribution in [0.4, 0.5) is 0 Å². The molecule has 0 spiro atoms. The average Bonchev–Trinajstić information content (AvgIpc) is 3.01. The molecule has 1 atom stereocenters. The highest BCUT2D eigenvalue weighted by Crippen LogP contribution is 2.22. The topological polar surface area (TPSA) is 100 Å². The van der Waals surface area contributed by atoms with Gasteiger partial charge >= 0.3 is 5.97 Å². The Morgan fingerprint density at radius 2 is 1.93 bits per heavy atom. The SMILES string of the molecule is O=C(O)C[C@H]1SC(=N/N=C\c2ccc(OCc3ccc(Br)cc3)cc2)NC1=O. The van der Waals surface area contributed by atoms with Crippen molar-refractivity contribution in [2.45, 2.75) is 18.3 Å². The van der Waals surface area contributed by atoms with Crippen LogP contribution in [-0.2, 0) is 16.2 Å². The summed E-state index contributed by atoms with van der Waals surface area (Å²) < 4.78 is 6.77. The molecule has 0 saturated carbocycles. The van der Waals surface area contributed by atoms with Crippen molar-refractivity contribution in [1.29, 1.82) is 0 Å². The molecule has 2 aromatic carbocycles. The van der Waals surface area contributed by atoms with Crippen LogP contribution in [0.2, 0.25) is 0 Å². The normalized spacial score (nSPS) is 17.8. The minimum Gasteiger partial charge on any atom is -0.489 e. The number of halogens is 1. The lowest BCUT2D eigenvalue weighted by molar-refractivity contribution is -0.138. The maximum atomic E-state index is 11.6. The fraction of sp³-hybridized carbons (Fsp3) is 0.158. The molecule has 0 bridgehead atoms. The maximum absolute atomic E-state index is 11.6. The van der Waals surface area contributed by atoms with Crippen molar-refractivity contribution in [3.63, 3.8) is 0 Å². The van der Waals surface area contributed by atoms with E-state index in [-0.39, 0.29) is 12.3 Å². The molecule has 1 saturated heterocycles. The van der Waals surface area contributed by atoms with Gasteiger partial charge in [0.15, 0.2) is 5.17 Å². The van der Waals surface area contributed by atoms with Crippen LogP contribution in [0.3, 0.4) is 0 Å². The van der Waals surface area contributed by atoms with Crippen LogP contribution in [0.1, 0.15) is 17.5 Å². The number of carbonyl (C=O) groups excluding carboxylic acids is 1. The standard InChI is InChI=1S/C19H16BrN3O4S/c20-14-5-1-13(2-6-14)11-27-15-7-3-12(4-8-15)10-21-23-19-22-18(26)16(28-19)9-17(24)25/h1-8,10,16H,9,11H2,(H,24,25)(H,22,23,26)/b21-10-/t16-/m1/s1. The molecular weight excluding hydrogens is 446 g/mol. The Morgan fingerprint density at radius 3 is 2.61 bits per heavy atom. The molecule has 0 aliphatic carbocycles. The van der Waals surface area contributed by atoms with E-state index in [1.807, 2.05) is 48.5 Å². The monoisotopic (exact) mass is 461 g/mol. The van der Waals surface area contributed by atoms with Gasteiger partial charge in [-0.3, -0.25) is 9.59 Å². The minimum atomic E-state index is -1.03. The first-order valence-corrected chi connectivity index (χ1v) is 9.94. The Kier molecular flexibility index (Phi) is 6.83. The second-order valence-electron chi connectivity index (χ2n) is 5.83. The molecule has 28 heavy (non-hydrogen) atoms. The number of carbonyl (C=O) groups is 2. The van der Waals surface area contributed by atoms with Gasteiger partial charge in [-0.15, -0.1) is 5.10 Å². The minimum absolute atomic E-state index is 0.249. The number of amidine groups is 1. The molecular formula is C19H16BrN3O4S. The largest absolute Gasteiger partial charge is 0.489 e. The lowest BCUT2D eigenvalue weighted by Crippen LogP contribution is -2.26. The summed E-state index contributed by atoms with van der Waals surface area (Å²) in [7, 11) is 0. The molecule has 1 aliphatic rings.